The summed E-state index contributed by atoms with van der Waals surface area (Å²) in [5.41, 5.74) is 1.33. The van der Waals surface area contributed by atoms with E-state index in [1.807, 2.05) is 0 Å². The van der Waals surface area contributed by atoms with Gasteiger partial charge < -0.3 is 19.8 Å². The molecule has 1 aromatic carbocycles. The van der Waals surface area contributed by atoms with Gasteiger partial charge >= 0.3 is 6.09 Å². The summed E-state index contributed by atoms with van der Waals surface area (Å²) >= 11 is 0. The minimum atomic E-state index is -0.931. The normalized spacial score (nSPS) is 16.7. The van der Waals surface area contributed by atoms with Crippen molar-refractivity contribution in [2.45, 2.75) is 32.1 Å². The van der Waals surface area contributed by atoms with Crippen molar-refractivity contribution in [3.05, 3.63) is 35.7 Å². The number of hydrogen-bond acceptors (Lipinski definition) is 5. The Morgan fingerprint density at radius 1 is 1.35 bits per heavy atom. The van der Waals surface area contributed by atoms with E-state index in [1.54, 1.807) is 24.3 Å². The molecule has 138 valence electrons. The lowest BCUT2D eigenvalue weighted by molar-refractivity contribution is 0.0953. The van der Waals surface area contributed by atoms with E-state index < -0.39 is 6.09 Å². The van der Waals surface area contributed by atoms with Crippen molar-refractivity contribution in [1.29, 1.82) is 0 Å². The maximum absolute atomic E-state index is 12.0. The molecular formula is C18H22N4O4. The van der Waals surface area contributed by atoms with Gasteiger partial charge in [-0.1, -0.05) is 30.6 Å². The Balaban J connectivity index is 1.64. The summed E-state index contributed by atoms with van der Waals surface area (Å²) in [6.45, 7) is 3.58. The number of nitrogens with one attached hydrogen (secondary N) is 1. The minimum Gasteiger partial charge on any atom is -0.465 e. The molecule has 0 saturated carbocycles. The largest absolute Gasteiger partial charge is 0.465 e. The molecule has 2 heterocycles. The van der Waals surface area contributed by atoms with Gasteiger partial charge in [-0.3, -0.25) is 4.79 Å². The molecule has 3 rings (SSSR count). The van der Waals surface area contributed by atoms with E-state index in [0.717, 1.165) is 18.4 Å². The number of carboxylic acid groups (broad SMARTS) is 1. The van der Waals surface area contributed by atoms with Gasteiger partial charge in [0.2, 0.25) is 11.7 Å². The highest BCUT2D eigenvalue weighted by Gasteiger charge is 2.31. The van der Waals surface area contributed by atoms with Gasteiger partial charge in [0.25, 0.3) is 5.91 Å². The molecule has 1 aromatic heterocycles. The molecule has 8 heteroatoms. The highest BCUT2D eigenvalue weighted by Crippen LogP contribution is 2.27. The van der Waals surface area contributed by atoms with E-state index in [9.17, 15) is 9.59 Å². The Morgan fingerprint density at radius 2 is 2.12 bits per heavy atom. The number of carbonyl (C=O) groups excluding carboxylic acids is 1. The summed E-state index contributed by atoms with van der Waals surface area (Å²) in [6.07, 6.45) is 1.73. The van der Waals surface area contributed by atoms with E-state index in [2.05, 4.69) is 22.4 Å². The van der Waals surface area contributed by atoms with Crippen LogP contribution in [0.25, 0.3) is 11.4 Å². The maximum atomic E-state index is 12.0. The molecule has 2 N–H and O–H groups in total. The van der Waals surface area contributed by atoms with Gasteiger partial charge in [0.1, 0.15) is 0 Å². The Morgan fingerprint density at radius 3 is 2.77 bits per heavy atom. The quantitative estimate of drug-likeness (QED) is 0.769. The topological polar surface area (TPSA) is 109 Å². The predicted octanol–water partition coefficient (Wildman–Crippen LogP) is 2.73. The molecule has 1 aliphatic rings. The molecule has 1 atom stereocenters. The second-order valence-corrected chi connectivity index (χ2v) is 6.36. The number of hydrogen-bond donors (Lipinski definition) is 2. The second-order valence-electron chi connectivity index (χ2n) is 6.36. The van der Waals surface area contributed by atoms with Gasteiger partial charge in [-0.25, -0.2) is 4.79 Å². The van der Waals surface area contributed by atoms with Gasteiger partial charge in [0, 0.05) is 30.8 Å². The average Bonchev–Trinajstić information content (AvgIpc) is 3.31. The summed E-state index contributed by atoms with van der Waals surface area (Å²) in [7, 11) is 0. The molecule has 8 nitrogen and oxygen atoms in total. The molecule has 1 aliphatic heterocycles. The van der Waals surface area contributed by atoms with Crippen LogP contribution >= 0.6 is 0 Å². The average molecular weight is 358 g/mol. The fourth-order valence-electron chi connectivity index (χ4n) is 2.91. The van der Waals surface area contributed by atoms with Crippen LogP contribution in [0.1, 0.15) is 48.4 Å². The minimum absolute atomic E-state index is 0.0732. The van der Waals surface area contributed by atoms with E-state index in [0.29, 0.717) is 43.3 Å². The summed E-state index contributed by atoms with van der Waals surface area (Å²) in [5, 5.41) is 15.9. The summed E-state index contributed by atoms with van der Waals surface area (Å²) in [5.74, 6) is 0.714. The van der Waals surface area contributed by atoms with E-state index in [1.165, 1.54) is 4.90 Å². The fraction of sp³-hybridized carbons (Fsp3) is 0.444. The van der Waals surface area contributed by atoms with Crippen LogP contribution in [0.4, 0.5) is 4.79 Å². The lowest BCUT2D eigenvalue weighted by Crippen LogP contribution is -2.26. The van der Waals surface area contributed by atoms with Crippen molar-refractivity contribution < 1.29 is 19.2 Å². The Hall–Kier alpha value is -2.90. The molecule has 26 heavy (non-hydrogen) atoms. The lowest BCUT2D eigenvalue weighted by atomic mass is 10.1. The fourth-order valence-corrected chi connectivity index (χ4v) is 2.91. The van der Waals surface area contributed by atoms with Gasteiger partial charge in [-0.05, 0) is 25.0 Å². The monoisotopic (exact) mass is 358 g/mol. The Bertz CT molecular complexity index is 772. The van der Waals surface area contributed by atoms with Crippen molar-refractivity contribution in [3.63, 3.8) is 0 Å². The highest BCUT2D eigenvalue weighted by atomic mass is 16.5. The van der Waals surface area contributed by atoms with Gasteiger partial charge in [-0.15, -0.1) is 0 Å². The Labute approximate surface area is 151 Å². The van der Waals surface area contributed by atoms with Crippen molar-refractivity contribution in [3.8, 4) is 11.4 Å². The first-order chi connectivity index (χ1) is 12.6. The molecule has 0 spiro atoms. The van der Waals surface area contributed by atoms with Crippen molar-refractivity contribution in [2.24, 2.45) is 0 Å². The standard InChI is InChI=1S/C18H22N4O4/c1-2-3-9-19-16(23)13-6-4-12(5-7-13)15-20-17(26-21-15)14-8-10-22(11-14)18(24)25/h4-7,14H,2-3,8-11H2,1H3,(H,19,23)(H,24,25). The number of nitrogens with zero attached hydrogens (tertiary/aromatic N) is 3. The molecule has 2 aromatic rings. The van der Waals surface area contributed by atoms with Crippen LogP contribution in [0.15, 0.2) is 28.8 Å². The van der Waals surface area contributed by atoms with Crippen molar-refractivity contribution >= 4 is 12.0 Å². The third-order valence-corrected chi connectivity index (χ3v) is 4.47. The smallest absolute Gasteiger partial charge is 0.407 e. The number of benzene rings is 1. The molecule has 1 unspecified atom stereocenters. The third kappa shape index (κ3) is 4.01. The van der Waals surface area contributed by atoms with E-state index in [4.69, 9.17) is 9.63 Å². The second kappa shape index (κ2) is 7.99. The Kier molecular flexibility index (Phi) is 5.50. The van der Waals surface area contributed by atoms with Crippen LogP contribution in [0.3, 0.4) is 0 Å². The van der Waals surface area contributed by atoms with Gasteiger partial charge in [0.15, 0.2) is 0 Å². The number of rotatable bonds is 6. The first-order valence-electron chi connectivity index (χ1n) is 8.78. The van der Waals surface area contributed by atoms with Gasteiger partial charge in [-0.2, -0.15) is 4.98 Å². The zero-order valence-electron chi connectivity index (χ0n) is 14.6. The van der Waals surface area contributed by atoms with Crippen LogP contribution in [0.2, 0.25) is 0 Å². The number of carbonyl (C=O) groups is 2. The molecule has 0 radical (unpaired) electrons. The zero-order valence-corrected chi connectivity index (χ0v) is 14.6. The molecule has 0 aliphatic carbocycles. The first-order valence-corrected chi connectivity index (χ1v) is 8.78. The van der Waals surface area contributed by atoms with Crippen LogP contribution in [-0.2, 0) is 0 Å². The summed E-state index contributed by atoms with van der Waals surface area (Å²) in [4.78, 5) is 28.8. The molecule has 1 saturated heterocycles. The summed E-state index contributed by atoms with van der Waals surface area (Å²) < 4.78 is 5.31. The van der Waals surface area contributed by atoms with Gasteiger partial charge in [0.05, 0.1) is 5.92 Å². The number of amides is 2. The third-order valence-electron chi connectivity index (χ3n) is 4.47. The number of unbranched alkanes of at least 4 members (excludes halogenated alkanes) is 1. The number of aromatic nitrogens is 2. The predicted molar refractivity (Wildman–Crippen MR) is 93.9 cm³/mol. The molecule has 1 fully saturated rings. The van der Waals surface area contributed by atoms with Crippen LogP contribution in [0.5, 0.6) is 0 Å². The molecule has 2 amide bonds. The number of likely N-dealkylation sites (tertiary alicyclic amines) is 1. The SMILES string of the molecule is CCCCNC(=O)c1ccc(-c2noc(C3CCN(C(=O)O)C3)n2)cc1. The lowest BCUT2D eigenvalue weighted by Gasteiger charge is -2.09. The van der Waals surface area contributed by atoms with Crippen molar-refractivity contribution in [2.75, 3.05) is 19.6 Å². The first kappa shape index (κ1) is 17.9. The summed E-state index contributed by atoms with van der Waals surface area (Å²) in [6, 6.07) is 7.02. The van der Waals surface area contributed by atoms with Crippen LogP contribution < -0.4 is 5.32 Å². The zero-order chi connectivity index (χ0) is 18.5. The van der Waals surface area contributed by atoms with E-state index in [-0.39, 0.29) is 11.8 Å². The molecular weight excluding hydrogens is 336 g/mol. The molecule has 0 bridgehead atoms. The maximum Gasteiger partial charge on any atom is 0.407 e. The van der Waals surface area contributed by atoms with Crippen LogP contribution in [0, 0.1) is 0 Å². The highest BCUT2D eigenvalue weighted by molar-refractivity contribution is 5.94. The van der Waals surface area contributed by atoms with Crippen LogP contribution in [-0.4, -0.2) is 51.8 Å². The van der Waals surface area contributed by atoms with Crippen molar-refractivity contribution in [1.82, 2.24) is 20.4 Å². The van der Waals surface area contributed by atoms with E-state index >= 15 is 0 Å².